The highest BCUT2D eigenvalue weighted by atomic mass is 16.6. The van der Waals surface area contributed by atoms with Crippen LogP contribution in [0.2, 0.25) is 0 Å². The quantitative estimate of drug-likeness (QED) is 0.495. The van der Waals surface area contributed by atoms with Crippen molar-refractivity contribution in [1.82, 2.24) is 0 Å². The highest BCUT2D eigenvalue weighted by molar-refractivity contribution is 5.65. The second kappa shape index (κ2) is 5.91. The van der Waals surface area contributed by atoms with Gasteiger partial charge in [0.25, 0.3) is 5.69 Å². The molecule has 0 aromatic heterocycles. The van der Waals surface area contributed by atoms with E-state index in [1.165, 1.54) is 31.7 Å². The Morgan fingerprint density at radius 2 is 2.16 bits per heavy atom. The molecule has 0 spiro atoms. The first kappa shape index (κ1) is 13.6. The second-order valence-corrected chi connectivity index (χ2v) is 5.43. The highest BCUT2D eigenvalue weighted by Gasteiger charge is 2.21. The molecule has 0 amide bonds. The Kier molecular flexibility index (Phi) is 4.24. The minimum Gasteiger partial charge on any atom is -0.393 e. The van der Waals surface area contributed by atoms with Crippen molar-refractivity contribution in [3.63, 3.8) is 0 Å². The molecule has 2 unspecified atom stereocenters. The molecule has 0 saturated heterocycles. The Hall–Kier alpha value is -1.78. The van der Waals surface area contributed by atoms with Gasteiger partial charge in [-0.25, -0.2) is 0 Å². The van der Waals surface area contributed by atoms with Crippen LogP contribution in [0.25, 0.3) is 0 Å². The minimum atomic E-state index is -0.456. The van der Waals surface area contributed by atoms with Gasteiger partial charge in [-0.05, 0) is 30.4 Å². The topological polar surface area (TPSA) is 81.2 Å². The van der Waals surface area contributed by atoms with E-state index in [9.17, 15) is 10.1 Å². The van der Waals surface area contributed by atoms with E-state index in [4.69, 9.17) is 5.73 Å². The van der Waals surface area contributed by atoms with Gasteiger partial charge in [0.15, 0.2) is 0 Å². The fraction of sp³-hybridized carbons (Fsp3) is 0.571. The predicted molar refractivity (Wildman–Crippen MR) is 77.1 cm³/mol. The lowest BCUT2D eigenvalue weighted by molar-refractivity contribution is -0.383. The van der Waals surface area contributed by atoms with Crippen LogP contribution in [0.5, 0.6) is 0 Å². The van der Waals surface area contributed by atoms with E-state index in [2.05, 4.69) is 12.2 Å². The first-order valence-electron chi connectivity index (χ1n) is 6.85. The monoisotopic (exact) mass is 263 g/mol. The number of benzene rings is 1. The lowest BCUT2D eigenvalue weighted by Gasteiger charge is -2.29. The molecule has 1 aromatic rings. The van der Waals surface area contributed by atoms with Gasteiger partial charge in [-0.1, -0.05) is 26.2 Å². The number of rotatable bonds is 4. The first-order valence-corrected chi connectivity index (χ1v) is 6.85. The largest absolute Gasteiger partial charge is 0.393 e. The van der Waals surface area contributed by atoms with Crippen molar-refractivity contribution in [3.8, 4) is 0 Å². The van der Waals surface area contributed by atoms with Gasteiger partial charge in [0.2, 0.25) is 0 Å². The third kappa shape index (κ3) is 3.36. The summed E-state index contributed by atoms with van der Waals surface area (Å²) in [4.78, 5) is 10.2. The standard InChI is InChI=1S/C14H21N3O2/c1-10-4-2-3-5-11(10)9-16-12-6-7-14(17(18)19)13(15)8-12/h6-8,10-11,16H,2-5,9,15H2,1H3. The van der Waals surface area contributed by atoms with Crippen LogP contribution in [0.4, 0.5) is 17.1 Å². The first-order chi connectivity index (χ1) is 9.08. The van der Waals surface area contributed by atoms with Gasteiger partial charge in [0, 0.05) is 18.3 Å². The molecule has 3 N–H and O–H groups in total. The van der Waals surface area contributed by atoms with Crippen molar-refractivity contribution in [2.75, 3.05) is 17.6 Å². The average molecular weight is 263 g/mol. The van der Waals surface area contributed by atoms with Crippen LogP contribution >= 0.6 is 0 Å². The Morgan fingerprint density at radius 1 is 1.42 bits per heavy atom. The molecule has 0 aliphatic heterocycles. The fourth-order valence-corrected chi connectivity index (χ4v) is 2.78. The zero-order valence-corrected chi connectivity index (χ0v) is 11.3. The summed E-state index contributed by atoms with van der Waals surface area (Å²) in [6.45, 7) is 3.22. The van der Waals surface area contributed by atoms with E-state index >= 15 is 0 Å². The summed E-state index contributed by atoms with van der Waals surface area (Å²) in [6, 6.07) is 4.83. The number of nitrogens with two attached hydrogens (primary N) is 1. The van der Waals surface area contributed by atoms with Crippen LogP contribution < -0.4 is 11.1 Å². The number of nitrogens with one attached hydrogen (secondary N) is 1. The van der Waals surface area contributed by atoms with Gasteiger partial charge in [-0.15, -0.1) is 0 Å². The summed E-state index contributed by atoms with van der Waals surface area (Å²) >= 11 is 0. The third-order valence-corrected chi connectivity index (χ3v) is 4.08. The van der Waals surface area contributed by atoms with Gasteiger partial charge in [0.1, 0.15) is 5.69 Å². The van der Waals surface area contributed by atoms with Gasteiger partial charge in [0.05, 0.1) is 4.92 Å². The molecule has 0 radical (unpaired) electrons. The van der Waals surface area contributed by atoms with Crippen molar-refractivity contribution in [3.05, 3.63) is 28.3 Å². The Labute approximate surface area is 113 Å². The summed E-state index contributed by atoms with van der Waals surface area (Å²) in [5.41, 5.74) is 6.72. The molecule has 5 heteroatoms. The summed E-state index contributed by atoms with van der Waals surface area (Å²) in [6.07, 6.45) is 5.20. The Balaban J connectivity index is 1.96. The van der Waals surface area contributed by atoms with E-state index < -0.39 is 4.92 Å². The maximum absolute atomic E-state index is 10.7. The molecule has 1 saturated carbocycles. The molecule has 0 heterocycles. The minimum absolute atomic E-state index is 0.0309. The van der Waals surface area contributed by atoms with E-state index in [-0.39, 0.29) is 11.4 Å². The van der Waals surface area contributed by atoms with Gasteiger partial charge in [-0.3, -0.25) is 10.1 Å². The molecule has 1 fully saturated rings. The van der Waals surface area contributed by atoms with E-state index in [1.807, 2.05) is 0 Å². The zero-order chi connectivity index (χ0) is 13.8. The van der Waals surface area contributed by atoms with Crippen LogP contribution in [-0.4, -0.2) is 11.5 Å². The number of nitro benzene ring substituents is 1. The predicted octanol–water partition coefficient (Wildman–Crippen LogP) is 3.42. The molecule has 104 valence electrons. The number of nitrogens with zero attached hydrogens (tertiary/aromatic N) is 1. The molecule has 1 aromatic carbocycles. The number of hydrogen-bond acceptors (Lipinski definition) is 4. The lowest BCUT2D eigenvalue weighted by atomic mass is 9.80. The fourth-order valence-electron chi connectivity index (χ4n) is 2.78. The Morgan fingerprint density at radius 3 is 2.79 bits per heavy atom. The van der Waals surface area contributed by atoms with Crippen LogP contribution in [0, 0.1) is 22.0 Å². The van der Waals surface area contributed by atoms with E-state index in [0.29, 0.717) is 5.92 Å². The smallest absolute Gasteiger partial charge is 0.292 e. The van der Waals surface area contributed by atoms with Crippen LogP contribution in [-0.2, 0) is 0 Å². The Bertz CT molecular complexity index is 462. The summed E-state index contributed by atoms with van der Waals surface area (Å²) in [5, 5.41) is 14.0. The molecular formula is C14H21N3O2. The van der Waals surface area contributed by atoms with E-state index in [1.54, 1.807) is 12.1 Å². The van der Waals surface area contributed by atoms with Crippen LogP contribution in [0.15, 0.2) is 18.2 Å². The normalized spacial score (nSPS) is 23.0. The molecule has 2 rings (SSSR count). The molecule has 0 bridgehead atoms. The molecule has 1 aliphatic carbocycles. The van der Waals surface area contributed by atoms with Crippen LogP contribution in [0.1, 0.15) is 32.6 Å². The van der Waals surface area contributed by atoms with Crippen molar-refractivity contribution in [2.24, 2.45) is 11.8 Å². The van der Waals surface area contributed by atoms with E-state index in [0.717, 1.165) is 18.2 Å². The van der Waals surface area contributed by atoms with Gasteiger partial charge < -0.3 is 11.1 Å². The third-order valence-electron chi connectivity index (χ3n) is 4.08. The van der Waals surface area contributed by atoms with Crippen molar-refractivity contribution < 1.29 is 4.92 Å². The maximum Gasteiger partial charge on any atom is 0.292 e. The molecule has 1 aliphatic rings. The van der Waals surface area contributed by atoms with Gasteiger partial charge in [-0.2, -0.15) is 0 Å². The van der Waals surface area contributed by atoms with Crippen molar-refractivity contribution in [1.29, 1.82) is 0 Å². The zero-order valence-electron chi connectivity index (χ0n) is 11.3. The average Bonchev–Trinajstić information content (AvgIpc) is 2.37. The van der Waals surface area contributed by atoms with Gasteiger partial charge >= 0.3 is 0 Å². The lowest BCUT2D eigenvalue weighted by Crippen LogP contribution is -2.24. The number of hydrogen-bond donors (Lipinski definition) is 2. The molecule has 2 atom stereocenters. The number of nitro groups is 1. The summed E-state index contributed by atoms with van der Waals surface area (Å²) < 4.78 is 0. The van der Waals surface area contributed by atoms with Crippen LogP contribution in [0.3, 0.4) is 0 Å². The van der Waals surface area contributed by atoms with Crippen molar-refractivity contribution in [2.45, 2.75) is 32.6 Å². The molecule has 5 nitrogen and oxygen atoms in total. The number of nitrogen functional groups attached to an aromatic ring is 1. The number of anilines is 2. The molecular weight excluding hydrogens is 242 g/mol. The summed E-state index contributed by atoms with van der Waals surface area (Å²) in [7, 11) is 0. The highest BCUT2D eigenvalue weighted by Crippen LogP contribution is 2.30. The SMILES string of the molecule is CC1CCCCC1CNc1ccc([N+](=O)[O-])c(N)c1. The second-order valence-electron chi connectivity index (χ2n) is 5.43. The maximum atomic E-state index is 10.7. The molecule has 19 heavy (non-hydrogen) atoms. The van der Waals surface area contributed by atoms with Crippen molar-refractivity contribution >= 4 is 17.1 Å². The summed E-state index contributed by atoms with van der Waals surface area (Å²) in [5.74, 6) is 1.43.